The Morgan fingerprint density at radius 3 is 2.67 bits per heavy atom. The maximum Gasteiger partial charge on any atom is 0.227 e. The number of amides is 1. The predicted octanol–water partition coefficient (Wildman–Crippen LogP) is 0.990. The summed E-state index contributed by atoms with van der Waals surface area (Å²) in [5, 5.41) is 6.01. The van der Waals surface area contributed by atoms with E-state index in [2.05, 4.69) is 20.6 Å². The van der Waals surface area contributed by atoms with Crippen LogP contribution in [-0.4, -0.2) is 52.8 Å². The maximum absolute atomic E-state index is 12.6. The zero-order valence-corrected chi connectivity index (χ0v) is 16.7. The first kappa shape index (κ1) is 21.2. The molecular formula is C18H30N6O3. The van der Waals surface area contributed by atoms with Crippen molar-refractivity contribution >= 4 is 23.3 Å². The molecule has 9 heteroatoms. The molecule has 2 heterocycles. The number of rotatable bonds is 6. The van der Waals surface area contributed by atoms with Crippen LogP contribution in [0.5, 0.6) is 0 Å². The van der Waals surface area contributed by atoms with Crippen molar-refractivity contribution in [2.75, 3.05) is 19.6 Å². The van der Waals surface area contributed by atoms with Gasteiger partial charge >= 0.3 is 0 Å². The first-order chi connectivity index (χ1) is 12.7. The lowest BCUT2D eigenvalue weighted by Crippen LogP contribution is -2.45. The molecule has 1 amide bonds. The number of imidazole rings is 1. The van der Waals surface area contributed by atoms with Gasteiger partial charge in [-0.3, -0.25) is 14.2 Å². The van der Waals surface area contributed by atoms with Gasteiger partial charge in [0.1, 0.15) is 12.1 Å². The zero-order chi connectivity index (χ0) is 20.1. The molecule has 1 aliphatic heterocycles. The van der Waals surface area contributed by atoms with Crippen molar-refractivity contribution in [3.05, 3.63) is 12.0 Å². The molecule has 1 fully saturated rings. The van der Waals surface area contributed by atoms with E-state index in [0.717, 1.165) is 0 Å². The third-order valence-corrected chi connectivity index (χ3v) is 4.24. The van der Waals surface area contributed by atoms with Crippen LogP contribution in [0.4, 0.5) is 5.82 Å². The van der Waals surface area contributed by atoms with Gasteiger partial charge in [0.15, 0.2) is 17.3 Å². The molecule has 0 bridgehead atoms. The standard InChI is InChI=1S/C18H30N6O3/c1-10(2)16(25)15-17(22-12(5)23-18(26)11(3)4)24(9-21-15)14-8-20-7-13(6-19)27-14/h9-11,13-14,20H,6-8,19H2,1-5H3,(H,22,23,26). The molecule has 0 radical (unpaired) electrons. The quantitative estimate of drug-likeness (QED) is 0.385. The third kappa shape index (κ3) is 5.21. The van der Waals surface area contributed by atoms with Gasteiger partial charge in [0.25, 0.3) is 0 Å². The number of carbonyl (C=O) groups is 2. The van der Waals surface area contributed by atoms with E-state index in [1.54, 1.807) is 31.7 Å². The Morgan fingerprint density at radius 1 is 1.37 bits per heavy atom. The van der Waals surface area contributed by atoms with Gasteiger partial charge in [0.2, 0.25) is 5.91 Å². The minimum absolute atomic E-state index is 0.116. The molecule has 2 atom stereocenters. The van der Waals surface area contributed by atoms with Crippen molar-refractivity contribution < 1.29 is 14.3 Å². The third-order valence-electron chi connectivity index (χ3n) is 4.24. The SMILES string of the molecule is CC(=Nc1c(C(=O)C(C)C)ncn1C1CNCC(CN)O1)NC(=O)C(C)C. The number of Topliss-reactive ketones (excluding diaryl/α,β-unsaturated/α-hetero) is 1. The number of carbonyl (C=O) groups excluding carboxylic acids is 2. The summed E-state index contributed by atoms with van der Waals surface area (Å²) >= 11 is 0. The molecule has 1 aromatic rings. The molecule has 150 valence electrons. The minimum Gasteiger partial charge on any atom is -0.351 e. The van der Waals surface area contributed by atoms with Gasteiger partial charge in [0.05, 0.1) is 12.4 Å². The molecule has 27 heavy (non-hydrogen) atoms. The normalized spacial score (nSPS) is 21.0. The highest BCUT2D eigenvalue weighted by Crippen LogP contribution is 2.27. The second kappa shape index (κ2) is 9.20. The zero-order valence-electron chi connectivity index (χ0n) is 16.7. The van der Waals surface area contributed by atoms with E-state index >= 15 is 0 Å². The fourth-order valence-corrected chi connectivity index (χ4v) is 2.62. The first-order valence-electron chi connectivity index (χ1n) is 9.28. The molecule has 0 aliphatic carbocycles. The lowest BCUT2D eigenvalue weighted by atomic mass is 10.1. The van der Waals surface area contributed by atoms with Crippen LogP contribution >= 0.6 is 0 Å². The van der Waals surface area contributed by atoms with Crippen LogP contribution in [0.1, 0.15) is 51.3 Å². The number of amidine groups is 1. The summed E-state index contributed by atoms with van der Waals surface area (Å²) in [5.41, 5.74) is 5.98. The highest BCUT2D eigenvalue weighted by molar-refractivity contribution is 6.02. The van der Waals surface area contributed by atoms with Crippen LogP contribution in [0, 0.1) is 11.8 Å². The predicted molar refractivity (Wildman–Crippen MR) is 103 cm³/mol. The Labute approximate surface area is 159 Å². The molecular weight excluding hydrogens is 348 g/mol. The fraction of sp³-hybridized carbons (Fsp3) is 0.667. The average Bonchev–Trinajstić information content (AvgIpc) is 3.03. The molecule has 1 aromatic heterocycles. The van der Waals surface area contributed by atoms with Crippen LogP contribution in [-0.2, 0) is 9.53 Å². The topological polar surface area (TPSA) is 124 Å². The van der Waals surface area contributed by atoms with Crippen molar-refractivity contribution in [3.63, 3.8) is 0 Å². The van der Waals surface area contributed by atoms with Gasteiger partial charge in [0, 0.05) is 31.5 Å². The number of aliphatic imine (C=N–C) groups is 1. The minimum atomic E-state index is -0.388. The largest absolute Gasteiger partial charge is 0.351 e. The van der Waals surface area contributed by atoms with Crippen LogP contribution in [0.25, 0.3) is 0 Å². The molecule has 2 rings (SSSR count). The van der Waals surface area contributed by atoms with Crippen LogP contribution in [0.15, 0.2) is 11.3 Å². The molecule has 4 N–H and O–H groups in total. The summed E-state index contributed by atoms with van der Waals surface area (Å²) in [6, 6.07) is 0. The van der Waals surface area contributed by atoms with E-state index in [9.17, 15) is 9.59 Å². The summed E-state index contributed by atoms with van der Waals surface area (Å²) < 4.78 is 7.70. The lowest BCUT2D eigenvalue weighted by Gasteiger charge is -2.31. The number of ether oxygens (including phenoxy) is 1. The number of aromatic nitrogens is 2. The smallest absolute Gasteiger partial charge is 0.227 e. The van der Waals surface area contributed by atoms with E-state index in [1.165, 1.54) is 0 Å². The van der Waals surface area contributed by atoms with E-state index < -0.39 is 0 Å². The average molecular weight is 378 g/mol. The molecule has 9 nitrogen and oxygen atoms in total. The highest BCUT2D eigenvalue weighted by Gasteiger charge is 2.28. The Morgan fingerprint density at radius 2 is 2.07 bits per heavy atom. The highest BCUT2D eigenvalue weighted by atomic mass is 16.5. The number of hydrogen-bond acceptors (Lipinski definition) is 7. The summed E-state index contributed by atoms with van der Waals surface area (Å²) in [7, 11) is 0. The molecule has 1 saturated heterocycles. The number of hydrogen-bond donors (Lipinski definition) is 3. The van der Waals surface area contributed by atoms with Crippen molar-refractivity contribution in [2.45, 2.75) is 47.0 Å². The summed E-state index contributed by atoms with van der Waals surface area (Å²) in [5.74, 6) is 0.114. The lowest BCUT2D eigenvalue weighted by molar-refractivity contribution is -0.122. The summed E-state index contributed by atoms with van der Waals surface area (Å²) in [6.45, 7) is 10.5. The van der Waals surface area contributed by atoms with Crippen LogP contribution in [0.3, 0.4) is 0 Å². The monoisotopic (exact) mass is 378 g/mol. The maximum atomic E-state index is 12.6. The number of ketones is 1. The fourth-order valence-electron chi connectivity index (χ4n) is 2.62. The Balaban J connectivity index is 2.40. The van der Waals surface area contributed by atoms with Gasteiger partial charge in [-0.1, -0.05) is 27.7 Å². The van der Waals surface area contributed by atoms with E-state index in [0.29, 0.717) is 31.3 Å². The van der Waals surface area contributed by atoms with Crippen molar-refractivity contribution in [2.24, 2.45) is 22.6 Å². The van der Waals surface area contributed by atoms with Gasteiger partial charge in [-0.25, -0.2) is 9.98 Å². The molecule has 0 aromatic carbocycles. The molecule has 1 aliphatic rings. The van der Waals surface area contributed by atoms with E-state index in [-0.39, 0.29) is 41.6 Å². The molecule has 2 unspecified atom stereocenters. The van der Waals surface area contributed by atoms with Gasteiger partial charge < -0.3 is 21.1 Å². The van der Waals surface area contributed by atoms with Crippen LogP contribution < -0.4 is 16.4 Å². The van der Waals surface area contributed by atoms with E-state index in [4.69, 9.17) is 10.5 Å². The van der Waals surface area contributed by atoms with Gasteiger partial charge in [-0.15, -0.1) is 0 Å². The van der Waals surface area contributed by atoms with Crippen LogP contribution in [0.2, 0.25) is 0 Å². The Bertz CT molecular complexity index is 710. The number of nitrogens with zero attached hydrogens (tertiary/aromatic N) is 3. The second-order valence-electron chi connectivity index (χ2n) is 7.29. The first-order valence-corrected chi connectivity index (χ1v) is 9.28. The number of nitrogens with one attached hydrogen (secondary N) is 2. The molecule has 0 spiro atoms. The summed E-state index contributed by atoms with van der Waals surface area (Å²) in [4.78, 5) is 33.3. The van der Waals surface area contributed by atoms with Crippen molar-refractivity contribution in [1.82, 2.24) is 20.2 Å². The number of nitrogens with two attached hydrogens (primary N) is 1. The molecule has 0 saturated carbocycles. The van der Waals surface area contributed by atoms with E-state index in [1.807, 2.05) is 13.8 Å². The summed E-state index contributed by atoms with van der Waals surface area (Å²) in [6.07, 6.45) is 1.03. The number of morpholine rings is 1. The Hall–Kier alpha value is -2.10. The van der Waals surface area contributed by atoms with Crippen molar-refractivity contribution in [3.8, 4) is 0 Å². The van der Waals surface area contributed by atoms with Gasteiger partial charge in [-0.2, -0.15) is 0 Å². The van der Waals surface area contributed by atoms with Crippen molar-refractivity contribution in [1.29, 1.82) is 0 Å². The Kier molecular flexibility index (Phi) is 7.23. The van der Waals surface area contributed by atoms with Gasteiger partial charge in [-0.05, 0) is 6.92 Å². The second-order valence-corrected chi connectivity index (χ2v) is 7.29.